The second-order valence-corrected chi connectivity index (χ2v) is 4.33. The molecule has 0 spiro atoms. The van der Waals surface area contributed by atoms with Crippen molar-refractivity contribution < 1.29 is 5.11 Å². The zero-order chi connectivity index (χ0) is 11.6. The van der Waals surface area contributed by atoms with E-state index in [0.717, 1.165) is 0 Å². The Morgan fingerprint density at radius 1 is 1.31 bits per heavy atom. The number of aliphatic hydroxyl groups is 1. The number of hydrogen-bond acceptors (Lipinski definition) is 2. The highest BCUT2D eigenvalue weighted by Crippen LogP contribution is 2.36. The van der Waals surface area contributed by atoms with E-state index in [9.17, 15) is 5.11 Å². The van der Waals surface area contributed by atoms with Crippen molar-refractivity contribution in [2.45, 2.75) is 10.6 Å². The van der Waals surface area contributed by atoms with Gasteiger partial charge in [0.2, 0.25) is 0 Å². The first-order valence-corrected chi connectivity index (χ1v) is 5.52. The number of halogens is 2. The zero-order valence-electron chi connectivity index (χ0n) is 8.29. The number of imidazole rings is 1. The molecule has 1 aromatic heterocycles. The SMILES string of the molecule is OC(Cl)C(Cl)(c1ccccc1)n1ccnc1. The molecule has 2 unspecified atom stereocenters. The lowest BCUT2D eigenvalue weighted by molar-refractivity contribution is 0.183. The molecule has 1 heterocycles. The van der Waals surface area contributed by atoms with Crippen LogP contribution in [-0.4, -0.2) is 20.2 Å². The molecule has 0 aliphatic heterocycles. The van der Waals surface area contributed by atoms with Gasteiger partial charge in [-0.3, -0.25) is 0 Å². The smallest absolute Gasteiger partial charge is 0.185 e. The fraction of sp³-hybridized carbons (Fsp3) is 0.182. The van der Waals surface area contributed by atoms with Crippen molar-refractivity contribution in [3.8, 4) is 0 Å². The van der Waals surface area contributed by atoms with Gasteiger partial charge in [-0.25, -0.2) is 4.98 Å². The Balaban J connectivity index is 2.53. The van der Waals surface area contributed by atoms with Crippen LogP contribution >= 0.6 is 23.2 Å². The quantitative estimate of drug-likeness (QED) is 0.857. The first-order valence-electron chi connectivity index (χ1n) is 4.70. The largest absolute Gasteiger partial charge is 0.374 e. The molecule has 0 saturated heterocycles. The first-order chi connectivity index (χ1) is 7.65. The van der Waals surface area contributed by atoms with Crippen LogP contribution in [-0.2, 0) is 5.00 Å². The normalized spacial score (nSPS) is 16.7. The van der Waals surface area contributed by atoms with E-state index in [4.69, 9.17) is 23.2 Å². The van der Waals surface area contributed by atoms with Crippen molar-refractivity contribution in [2.24, 2.45) is 0 Å². The Kier molecular flexibility index (Phi) is 3.19. The van der Waals surface area contributed by atoms with Gasteiger partial charge < -0.3 is 9.67 Å². The number of rotatable bonds is 3. The van der Waals surface area contributed by atoms with Gasteiger partial charge in [-0.15, -0.1) is 0 Å². The van der Waals surface area contributed by atoms with E-state index in [-0.39, 0.29) is 0 Å². The Morgan fingerprint density at radius 2 is 2.00 bits per heavy atom. The molecule has 0 amide bonds. The lowest BCUT2D eigenvalue weighted by Crippen LogP contribution is -2.37. The van der Waals surface area contributed by atoms with Gasteiger partial charge in [-0.2, -0.15) is 0 Å². The molecular weight excluding hydrogens is 247 g/mol. The molecule has 84 valence electrons. The van der Waals surface area contributed by atoms with Gasteiger partial charge in [-0.05, 0) is 5.56 Å². The van der Waals surface area contributed by atoms with Crippen molar-refractivity contribution in [1.29, 1.82) is 0 Å². The van der Waals surface area contributed by atoms with Crippen LogP contribution in [0.5, 0.6) is 0 Å². The van der Waals surface area contributed by atoms with E-state index in [1.807, 2.05) is 18.2 Å². The standard InChI is InChI=1S/C11H10Cl2N2O/c12-10(16)11(13,15-7-6-14-8-15)9-4-2-1-3-5-9/h1-8,10,16H. The average molecular weight is 257 g/mol. The van der Waals surface area contributed by atoms with Crippen LogP contribution in [0.1, 0.15) is 5.56 Å². The number of hydrogen-bond donors (Lipinski definition) is 1. The van der Waals surface area contributed by atoms with Gasteiger partial charge >= 0.3 is 0 Å². The van der Waals surface area contributed by atoms with Gasteiger partial charge in [0.25, 0.3) is 0 Å². The summed E-state index contributed by atoms with van der Waals surface area (Å²) in [4.78, 5) is 2.67. The molecule has 2 aromatic rings. The molecule has 3 nitrogen and oxygen atoms in total. The van der Waals surface area contributed by atoms with Gasteiger partial charge in [0.1, 0.15) is 0 Å². The van der Waals surface area contributed by atoms with Gasteiger partial charge in [0.05, 0.1) is 6.33 Å². The molecule has 0 bridgehead atoms. The molecule has 1 N–H and O–H groups in total. The summed E-state index contributed by atoms with van der Waals surface area (Å²) in [6, 6.07) is 9.15. The molecule has 2 rings (SSSR count). The average Bonchev–Trinajstić information content (AvgIpc) is 2.82. The van der Waals surface area contributed by atoms with E-state index >= 15 is 0 Å². The van der Waals surface area contributed by atoms with Crippen LogP contribution < -0.4 is 0 Å². The summed E-state index contributed by atoms with van der Waals surface area (Å²) >= 11 is 12.2. The zero-order valence-corrected chi connectivity index (χ0v) is 9.81. The van der Waals surface area contributed by atoms with Crippen molar-refractivity contribution in [3.63, 3.8) is 0 Å². The van der Waals surface area contributed by atoms with E-state index in [0.29, 0.717) is 5.56 Å². The number of benzene rings is 1. The predicted octanol–water partition coefficient (Wildman–Crippen LogP) is 2.38. The van der Waals surface area contributed by atoms with Crippen molar-refractivity contribution in [2.75, 3.05) is 0 Å². The third-order valence-electron chi connectivity index (χ3n) is 2.37. The Hall–Kier alpha value is -1.03. The van der Waals surface area contributed by atoms with Crippen LogP contribution in [0.3, 0.4) is 0 Å². The third-order valence-corrected chi connectivity index (χ3v) is 3.42. The Bertz CT molecular complexity index is 444. The van der Waals surface area contributed by atoms with E-state index in [2.05, 4.69) is 4.98 Å². The van der Waals surface area contributed by atoms with Crippen LogP contribution in [0.25, 0.3) is 0 Å². The summed E-state index contributed by atoms with van der Waals surface area (Å²) in [6.45, 7) is 0. The lowest BCUT2D eigenvalue weighted by atomic mass is 10.1. The minimum Gasteiger partial charge on any atom is -0.374 e. The van der Waals surface area contributed by atoms with E-state index < -0.39 is 10.6 Å². The third kappa shape index (κ3) is 1.82. The van der Waals surface area contributed by atoms with Crippen molar-refractivity contribution >= 4 is 23.2 Å². The minimum absolute atomic E-state index is 0.706. The summed E-state index contributed by atoms with van der Waals surface area (Å²) in [6.07, 6.45) is 4.76. The Labute approximate surface area is 103 Å². The van der Waals surface area contributed by atoms with Crippen LogP contribution in [0.4, 0.5) is 0 Å². The predicted molar refractivity (Wildman–Crippen MR) is 63.5 cm³/mol. The highest BCUT2D eigenvalue weighted by molar-refractivity contribution is 6.31. The number of aliphatic hydroxyl groups excluding tert-OH is 1. The molecular formula is C11H10Cl2N2O. The summed E-state index contributed by atoms with van der Waals surface area (Å²) in [5.74, 6) is 0. The van der Waals surface area contributed by atoms with E-state index in [1.165, 1.54) is 6.33 Å². The maximum Gasteiger partial charge on any atom is 0.185 e. The summed E-state index contributed by atoms with van der Waals surface area (Å²) in [5, 5.41) is 9.68. The Morgan fingerprint density at radius 3 is 2.50 bits per heavy atom. The summed E-state index contributed by atoms with van der Waals surface area (Å²) in [7, 11) is 0. The molecule has 5 heteroatoms. The molecule has 0 aliphatic carbocycles. The highest BCUT2D eigenvalue weighted by Gasteiger charge is 2.38. The number of nitrogens with zero attached hydrogens (tertiary/aromatic N) is 2. The minimum atomic E-state index is -1.26. The molecule has 0 aliphatic rings. The summed E-state index contributed by atoms with van der Waals surface area (Å²) in [5.41, 5.74) is -0.553. The van der Waals surface area contributed by atoms with Crippen LogP contribution in [0, 0.1) is 0 Å². The molecule has 0 radical (unpaired) electrons. The molecule has 2 atom stereocenters. The summed E-state index contributed by atoms with van der Waals surface area (Å²) < 4.78 is 1.57. The van der Waals surface area contributed by atoms with Gasteiger partial charge in [0.15, 0.2) is 10.6 Å². The second kappa shape index (κ2) is 4.45. The molecule has 16 heavy (non-hydrogen) atoms. The van der Waals surface area contributed by atoms with Gasteiger partial charge in [-0.1, -0.05) is 53.5 Å². The van der Waals surface area contributed by atoms with Crippen LogP contribution in [0.2, 0.25) is 0 Å². The first kappa shape index (κ1) is 11.5. The topological polar surface area (TPSA) is 38.0 Å². The van der Waals surface area contributed by atoms with Crippen molar-refractivity contribution in [3.05, 3.63) is 54.6 Å². The lowest BCUT2D eigenvalue weighted by Gasteiger charge is -2.30. The maximum absolute atomic E-state index is 9.68. The molecule has 0 saturated carbocycles. The number of aromatic nitrogens is 2. The molecule has 1 aromatic carbocycles. The fourth-order valence-corrected chi connectivity index (χ4v) is 2.00. The maximum atomic E-state index is 9.68. The van der Waals surface area contributed by atoms with Gasteiger partial charge in [0, 0.05) is 12.4 Å². The fourth-order valence-electron chi connectivity index (χ4n) is 1.53. The van der Waals surface area contributed by atoms with E-state index in [1.54, 1.807) is 29.1 Å². The van der Waals surface area contributed by atoms with Crippen LogP contribution in [0.15, 0.2) is 49.1 Å². The van der Waals surface area contributed by atoms with Crippen molar-refractivity contribution in [1.82, 2.24) is 9.55 Å². The highest BCUT2D eigenvalue weighted by atomic mass is 35.5. The molecule has 0 fully saturated rings. The second-order valence-electron chi connectivity index (χ2n) is 3.35. The number of alkyl halides is 2. The monoisotopic (exact) mass is 256 g/mol.